The third-order valence-corrected chi connectivity index (χ3v) is 3.85. The number of nitrogens with zero attached hydrogens (tertiary/aromatic N) is 3. The number of amides is 1. The molecule has 0 spiro atoms. The summed E-state index contributed by atoms with van der Waals surface area (Å²) in [6, 6.07) is 7.73. The van der Waals surface area contributed by atoms with E-state index in [1.807, 2.05) is 45.0 Å². The van der Waals surface area contributed by atoms with E-state index in [0.29, 0.717) is 18.9 Å². The monoisotopic (exact) mass is 368 g/mol. The van der Waals surface area contributed by atoms with Crippen LogP contribution < -0.4 is 4.74 Å². The van der Waals surface area contributed by atoms with Gasteiger partial charge in [-0.15, -0.1) is 0 Å². The van der Waals surface area contributed by atoms with Gasteiger partial charge in [0.25, 0.3) is 0 Å². The van der Waals surface area contributed by atoms with Crippen LogP contribution in [-0.4, -0.2) is 51.7 Å². The van der Waals surface area contributed by atoms with E-state index in [1.165, 1.54) is 4.90 Å². The Morgan fingerprint density at radius 1 is 1.26 bits per heavy atom. The van der Waals surface area contributed by atoms with Crippen molar-refractivity contribution in [2.24, 2.45) is 0 Å². The molecule has 3 rings (SSSR count). The quantitative estimate of drug-likeness (QED) is 0.739. The predicted molar refractivity (Wildman–Crippen MR) is 104 cm³/mol. The largest absolute Gasteiger partial charge is 0.489 e. The highest BCUT2D eigenvalue weighted by Crippen LogP contribution is 2.30. The first-order chi connectivity index (χ1) is 12.8. The number of H-pyrrole nitrogens is 1. The van der Waals surface area contributed by atoms with Crippen LogP contribution in [0.4, 0.5) is 4.79 Å². The number of rotatable bonds is 5. The summed E-state index contributed by atoms with van der Waals surface area (Å²) in [5.41, 5.74) is 3.12. The summed E-state index contributed by atoms with van der Waals surface area (Å²) in [6.45, 7) is 6.25. The Balaban J connectivity index is 1.67. The van der Waals surface area contributed by atoms with E-state index in [9.17, 15) is 4.79 Å². The summed E-state index contributed by atoms with van der Waals surface area (Å²) in [6.07, 6.45) is 4.77. The topological polar surface area (TPSA) is 80.3 Å². The molecular formula is C20H24N4O3. The first-order valence-corrected chi connectivity index (χ1v) is 8.78. The van der Waals surface area contributed by atoms with E-state index in [2.05, 4.69) is 15.0 Å². The molecule has 3 aromatic rings. The van der Waals surface area contributed by atoms with Gasteiger partial charge in [0.1, 0.15) is 18.0 Å². The number of aromatic nitrogens is 3. The third kappa shape index (κ3) is 4.75. The van der Waals surface area contributed by atoms with Crippen LogP contribution in [0.2, 0.25) is 0 Å². The Kier molecular flexibility index (Phi) is 5.30. The number of likely N-dealkylation sites (N-methyl/N-ethyl adjacent to an activating group) is 1. The number of carbonyl (C=O) groups is 1. The summed E-state index contributed by atoms with van der Waals surface area (Å²) in [5.74, 6) is 0.640. The molecule has 0 saturated heterocycles. The van der Waals surface area contributed by atoms with Crippen molar-refractivity contribution < 1.29 is 14.3 Å². The molecule has 3 heterocycles. The highest BCUT2D eigenvalue weighted by atomic mass is 16.6. The number of hydrogen-bond acceptors (Lipinski definition) is 5. The minimum absolute atomic E-state index is 0.326. The highest BCUT2D eigenvalue weighted by Gasteiger charge is 2.19. The molecule has 1 N–H and O–H groups in total. The van der Waals surface area contributed by atoms with Crippen molar-refractivity contribution >= 4 is 17.1 Å². The first-order valence-electron chi connectivity index (χ1n) is 8.78. The van der Waals surface area contributed by atoms with Crippen molar-refractivity contribution in [1.29, 1.82) is 0 Å². The standard InChI is InChI=1S/C20H24N4O3/c1-20(2,3)27-19(25)24(4)10-11-26-18-13-21-9-7-14(18)16-12-17-15(23-16)6-5-8-22-17/h5-9,12-13,23H,10-11H2,1-4H3. The molecule has 0 bridgehead atoms. The molecule has 0 radical (unpaired) electrons. The zero-order valence-electron chi connectivity index (χ0n) is 16.0. The lowest BCUT2D eigenvalue weighted by molar-refractivity contribution is 0.0278. The lowest BCUT2D eigenvalue weighted by Gasteiger charge is -2.24. The van der Waals surface area contributed by atoms with Gasteiger partial charge in [-0.05, 0) is 45.0 Å². The van der Waals surface area contributed by atoms with Gasteiger partial charge in [-0.2, -0.15) is 0 Å². The van der Waals surface area contributed by atoms with E-state index < -0.39 is 5.60 Å². The number of hydrogen-bond donors (Lipinski definition) is 1. The maximum atomic E-state index is 12.0. The Labute approximate surface area is 158 Å². The van der Waals surface area contributed by atoms with Gasteiger partial charge in [0, 0.05) is 25.0 Å². The maximum absolute atomic E-state index is 12.0. The lowest BCUT2D eigenvalue weighted by Crippen LogP contribution is -2.36. The van der Waals surface area contributed by atoms with Crippen LogP contribution in [0, 0.1) is 0 Å². The minimum atomic E-state index is -0.521. The van der Waals surface area contributed by atoms with Crippen molar-refractivity contribution in [3.8, 4) is 17.0 Å². The van der Waals surface area contributed by atoms with Gasteiger partial charge >= 0.3 is 6.09 Å². The molecule has 0 aliphatic carbocycles. The Morgan fingerprint density at radius 3 is 2.81 bits per heavy atom. The molecule has 7 heteroatoms. The number of ether oxygens (including phenoxy) is 2. The van der Waals surface area contributed by atoms with Gasteiger partial charge in [0.2, 0.25) is 0 Å². The van der Waals surface area contributed by atoms with Gasteiger partial charge in [-0.1, -0.05) is 0 Å². The fourth-order valence-corrected chi connectivity index (χ4v) is 2.54. The number of aromatic amines is 1. The van der Waals surface area contributed by atoms with Gasteiger partial charge in [0.05, 0.1) is 29.5 Å². The van der Waals surface area contributed by atoms with Gasteiger partial charge < -0.3 is 19.4 Å². The second-order valence-corrected chi connectivity index (χ2v) is 7.24. The van der Waals surface area contributed by atoms with Crippen LogP contribution in [-0.2, 0) is 4.74 Å². The smallest absolute Gasteiger partial charge is 0.410 e. The SMILES string of the molecule is CN(CCOc1cnccc1-c1cc2ncccc2[nH]1)C(=O)OC(C)(C)C. The molecule has 0 fully saturated rings. The van der Waals surface area contributed by atoms with E-state index in [-0.39, 0.29) is 6.09 Å². The predicted octanol–water partition coefficient (Wildman–Crippen LogP) is 3.87. The number of pyridine rings is 2. The number of fused-ring (bicyclic) bond motifs is 1. The zero-order chi connectivity index (χ0) is 19.4. The molecule has 1 amide bonds. The van der Waals surface area contributed by atoms with Crippen LogP contribution >= 0.6 is 0 Å². The van der Waals surface area contributed by atoms with E-state index in [1.54, 1.807) is 25.6 Å². The number of carbonyl (C=O) groups excluding carboxylic acids is 1. The summed E-state index contributed by atoms with van der Waals surface area (Å²) in [7, 11) is 1.69. The summed E-state index contributed by atoms with van der Waals surface area (Å²) >= 11 is 0. The fraction of sp³-hybridized carbons (Fsp3) is 0.350. The molecule has 3 aromatic heterocycles. The van der Waals surface area contributed by atoms with Crippen LogP contribution in [0.5, 0.6) is 5.75 Å². The molecule has 7 nitrogen and oxygen atoms in total. The van der Waals surface area contributed by atoms with Crippen molar-refractivity contribution in [3.05, 3.63) is 42.9 Å². The fourth-order valence-electron chi connectivity index (χ4n) is 2.54. The Hall–Kier alpha value is -3.09. The summed E-state index contributed by atoms with van der Waals surface area (Å²) in [5, 5.41) is 0. The van der Waals surface area contributed by atoms with Gasteiger partial charge in [-0.25, -0.2) is 4.79 Å². The van der Waals surface area contributed by atoms with Crippen molar-refractivity contribution in [3.63, 3.8) is 0 Å². The minimum Gasteiger partial charge on any atom is -0.489 e. The Bertz CT molecular complexity index is 897. The van der Waals surface area contributed by atoms with Crippen LogP contribution in [0.15, 0.2) is 42.9 Å². The van der Waals surface area contributed by atoms with Crippen LogP contribution in [0.3, 0.4) is 0 Å². The molecule has 27 heavy (non-hydrogen) atoms. The number of nitrogens with one attached hydrogen (secondary N) is 1. The first kappa shape index (κ1) is 18.7. The van der Waals surface area contributed by atoms with Crippen molar-refractivity contribution in [2.45, 2.75) is 26.4 Å². The average molecular weight is 368 g/mol. The second kappa shape index (κ2) is 7.65. The van der Waals surface area contributed by atoms with Gasteiger partial charge in [-0.3, -0.25) is 9.97 Å². The normalized spacial score (nSPS) is 11.4. The molecular weight excluding hydrogens is 344 g/mol. The lowest BCUT2D eigenvalue weighted by atomic mass is 10.2. The molecule has 0 unspecified atom stereocenters. The van der Waals surface area contributed by atoms with Crippen molar-refractivity contribution in [1.82, 2.24) is 19.9 Å². The summed E-state index contributed by atoms with van der Waals surface area (Å²) in [4.78, 5) is 25.3. The van der Waals surface area contributed by atoms with Gasteiger partial charge in [0.15, 0.2) is 0 Å². The molecule has 0 aliphatic rings. The highest BCUT2D eigenvalue weighted by molar-refractivity contribution is 5.83. The zero-order valence-corrected chi connectivity index (χ0v) is 16.0. The van der Waals surface area contributed by atoms with E-state index >= 15 is 0 Å². The molecule has 0 aromatic carbocycles. The van der Waals surface area contributed by atoms with Crippen LogP contribution in [0.1, 0.15) is 20.8 Å². The molecule has 0 saturated carbocycles. The third-order valence-electron chi connectivity index (χ3n) is 3.85. The van der Waals surface area contributed by atoms with Crippen molar-refractivity contribution in [2.75, 3.05) is 20.2 Å². The van der Waals surface area contributed by atoms with E-state index in [4.69, 9.17) is 9.47 Å². The second-order valence-electron chi connectivity index (χ2n) is 7.24. The maximum Gasteiger partial charge on any atom is 0.410 e. The molecule has 0 atom stereocenters. The van der Waals surface area contributed by atoms with Crippen LogP contribution in [0.25, 0.3) is 22.3 Å². The summed E-state index contributed by atoms with van der Waals surface area (Å²) < 4.78 is 11.2. The molecule has 142 valence electrons. The molecule has 0 aliphatic heterocycles. The van der Waals surface area contributed by atoms with E-state index in [0.717, 1.165) is 22.3 Å². The average Bonchev–Trinajstić information content (AvgIpc) is 3.04. The Morgan fingerprint density at radius 2 is 2.07 bits per heavy atom.